The molecular formula is C12H16ClN3O4. The van der Waals surface area contributed by atoms with Crippen molar-refractivity contribution in [3.05, 3.63) is 17.5 Å². The number of hydrogen-bond acceptors (Lipinski definition) is 6. The van der Waals surface area contributed by atoms with Crippen LogP contribution in [0.2, 0.25) is 5.15 Å². The number of ether oxygens (including phenoxy) is 2. The number of amides is 1. The number of nitrogens with one attached hydrogen (secondary N) is 1. The van der Waals surface area contributed by atoms with E-state index < -0.39 is 0 Å². The molecule has 0 aliphatic rings. The minimum absolute atomic E-state index is 0.180. The zero-order chi connectivity index (χ0) is 14.8. The van der Waals surface area contributed by atoms with Crippen molar-refractivity contribution in [3.63, 3.8) is 0 Å². The number of halogens is 1. The number of carbonyl (C=O) groups is 2. The number of carbonyl (C=O) groups excluding carboxylic acids is 2. The van der Waals surface area contributed by atoms with Crippen LogP contribution in [0.1, 0.15) is 19.8 Å². The molecule has 0 aliphatic carbocycles. The molecule has 8 heteroatoms. The van der Waals surface area contributed by atoms with Gasteiger partial charge in [-0.15, -0.1) is 0 Å². The van der Waals surface area contributed by atoms with Gasteiger partial charge in [0.1, 0.15) is 0 Å². The molecule has 1 rings (SSSR count). The molecule has 1 N–H and O–H groups in total. The number of hydrogen-bond donors (Lipinski definition) is 1. The van der Waals surface area contributed by atoms with E-state index in [1.54, 1.807) is 6.92 Å². The van der Waals surface area contributed by atoms with Gasteiger partial charge in [0.25, 0.3) is 5.91 Å². The molecule has 0 aromatic carbocycles. The zero-order valence-electron chi connectivity index (χ0n) is 11.1. The van der Waals surface area contributed by atoms with Gasteiger partial charge in [0.05, 0.1) is 19.0 Å². The molecule has 1 heterocycles. The van der Waals surface area contributed by atoms with E-state index in [0.29, 0.717) is 19.6 Å². The van der Waals surface area contributed by atoms with Gasteiger partial charge in [-0.3, -0.25) is 14.6 Å². The molecule has 0 atom stereocenters. The topological polar surface area (TPSA) is 90.4 Å². The van der Waals surface area contributed by atoms with E-state index in [2.05, 4.69) is 15.3 Å². The molecule has 0 aliphatic heterocycles. The summed E-state index contributed by atoms with van der Waals surface area (Å²) in [7, 11) is 0. The number of rotatable bonds is 8. The summed E-state index contributed by atoms with van der Waals surface area (Å²) in [6, 6.07) is 0. The fourth-order valence-corrected chi connectivity index (χ4v) is 1.42. The van der Waals surface area contributed by atoms with Crippen LogP contribution in [-0.2, 0) is 14.3 Å². The van der Waals surface area contributed by atoms with Crippen LogP contribution >= 0.6 is 11.6 Å². The summed E-state index contributed by atoms with van der Waals surface area (Å²) in [5.74, 6) is -0.401. The predicted molar refractivity (Wildman–Crippen MR) is 71.4 cm³/mol. The first-order chi connectivity index (χ1) is 9.61. The summed E-state index contributed by atoms with van der Waals surface area (Å²) >= 11 is 5.62. The molecule has 0 bridgehead atoms. The smallest absolute Gasteiger partial charge is 0.305 e. The average molecular weight is 302 g/mol. The van der Waals surface area contributed by atoms with Crippen molar-refractivity contribution in [2.75, 3.05) is 19.8 Å². The second kappa shape index (κ2) is 9.08. The summed E-state index contributed by atoms with van der Waals surface area (Å²) < 4.78 is 9.87. The van der Waals surface area contributed by atoms with Gasteiger partial charge < -0.3 is 14.8 Å². The Hall–Kier alpha value is -1.89. The third kappa shape index (κ3) is 6.89. The fourth-order valence-electron chi connectivity index (χ4n) is 1.28. The molecule has 0 saturated heterocycles. The standard InChI is InChI=1S/C12H16ClN3O4/c1-2-19-12(18)4-3-5-15-10(17)8-20-11-7-14-6-9(13)16-11/h6-7H,2-5,8H2,1H3,(H,15,17). The molecule has 0 unspecified atom stereocenters. The molecule has 0 saturated carbocycles. The van der Waals surface area contributed by atoms with E-state index in [9.17, 15) is 9.59 Å². The van der Waals surface area contributed by atoms with Crippen molar-refractivity contribution in [2.45, 2.75) is 19.8 Å². The van der Waals surface area contributed by atoms with Crippen molar-refractivity contribution >= 4 is 23.5 Å². The molecule has 1 aromatic rings. The zero-order valence-corrected chi connectivity index (χ0v) is 11.9. The van der Waals surface area contributed by atoms with E-state index >= 15 is 0 Å². The molecule has 0 fully saturated rings. The largest absolute Gasteiger partial charge is 0.466 e. The first-order valence-corrected chi connectivity index (χ1v) is 6.52. The summed E-state index contributed by atoms with van der Waals surface area (Å²) in [6.07, 6.45) is 3.51. The summed E-state index contributed by atoms with van der Waals surface area (Å²) in [5, 5.41) is 2.80. The molecule has 110 valence electrons. The van der Waals surface area contributed by atoms with E-state index in [4.69, 9.17) is 21.1 Å². The highest BCUT2D eigenvalue weighted by Crippen LogP contribution is 2.08. The van der Waals surface area contributed by atoms with E-state index in [1.165, 1.54) is 12.4 Å². The number of esters is 1. The van der Waals surface area contributed by atoms with Crippen molar-refractivity contribution < 1.29 is 19.1 Å². The first-order valence-electron chi connectivity index (χ1n) is 6.14. The van der Waals surface area contributed by atoms with Crippen molar-refractivity contribution in [1.82, 2.24) is 15.3 Å². The quantitative estimate of drug-likeness (QED) is 0.568. The normalized spacial score (nSPS) is 9.90. The lowest BCUT2D eigenvalue weighted by Crippen LogP contribution is -2.30. The Morgan fingerprint density at radius 1 is 1.40 bits per heavy atom. The van der Waals surface area contributed by atoms with Crippen LogP contribution in [0.15, 0.2) is 12.4 Å². The van der Waals surface area contributed by atoms with Crippen LogP contribution in [0, 0.1) is 0 Å². The SMILES string of the molecule is CCOC(=O)CCCNC(=O)COc1cncc(Cl)n1. The fraction of sp³-hybridized carbons (Fsp3) is 0.500. The molecule has 20 heavy (non-hydrogen) atoms. The van der Waals surface area contributed by atoms with Gasteiger partial charge in [0.15, 0.2) is 11.8 Å². The second-order valence-electron chi connectivity index (χ2n) is 3.73. The molecule has 0 spiro atoms. The highest BCUT2D eigenvalue weighted by Gasteiger charge is 2.05. The van der Waals surface area contributed by atoms with E-state index in [-0.39, 0.29) is 35.9 Å². The van der Waals surface area contributed by atoms with Gasteiger partial charge in [-0.05, 0) is 13.3 Å². The lowest BCUT2D eigenvalue weighted by molar-refractivity contribution is -0.143. The first kappa shape index (κ1) is 16.2. The van der Waals surface area contributed by atoms with Crippen LogP contribution in [0.3, 0.4) is 0 Å². The van der Waals surface area contributed by atoms with Crippen LogP contribution in [0.5, 0.6) is 5.88 Å². The Kier molecular flexibility index (Phi) is 7.34. The molecule has 1 amide bonds. The lowest BCUT2D eigenvalue weighted by Gasteiger charge is -2.06. The van der Waals surface area contributed by atoms with Gasteiger partial charge in [0, 0.05) is 13.0 Å². The van der Waals surface area contributed by atoms with E-state index in [1.807, 2.05) is 0 Å². The Labute approximate surface area is 121 Å². The van der Waals surface area contributed by atoms with Crippen LogP contribution < -0.4 is 10.1 Å². The van der Waals surface area contributed by atoms with Gasteiger partial charge in [-0.25, -0.2) is 0 Å². The molecular weight excluding hydrogens is 286 g/mol. The maximum atomic E-state index is 11.4. The number of aromatic nitrogens is 2. The Morgan fingerprint density at radius 2 is 2.20 bits per heavy atom. The Bertz CT molecular complexity index is 456. The highest BCUT2D eigenvalue weighted by atomic mass is 35.5. The van der Waals surface area contributed by atoms with Gasteiger partial charge in [0.2, 0.25) is 5.88 Å². The molecule has 0 radical (unpaired) electrons. The van der Waals surface area contributed by atoms with Crippen LogP contribution in [0.4, 0.5) is 0 Å². The summed E-state index contributed by atoms with van der Waals surface area (Å²) in [6.45, 7) is 2.30. The van der Waals surface area contributed by atoms with Crippen molar-refractivity contribution in [2.24, 2.45) is 0 Å². The maximum Gasteiger partial charge on any atom is 0.305 e. The minimum Gasteiger partial charge on any atom is -0.466 e. The Balaban J connectivity index is 2.13. The van der Waals surface area contributed by atoms with Gasteiger partial charge >= 0.3 is 5.97 Å². The Morgan fingerprint density at radius 3 is 2.90 bits per heavy atom. The van der Waals surface area contributed by atoms with Gasteiger partial charge in [-0.1, -0.05) is 11.6 Å². The second-order valence-corrected chi connectivity index (χ2v) is 4.11. The molecule has 7 nitrogen and oxygen atoms in total. The van der Waals surface area contributed by atoms with Crippen LogP contribution in [0.25, 0.3) is 0 Å². The summed E-state index contributed by atoms with van der Waals surface area (Å²) in [4.78, 5) is 30.1. The highest BCUT2D eigenvalue weighted by molar-refractivity contribution is 6.29. The van der Waals surface area contributed by atoms with Crippen molar-refractivity contribution in [3.8, 4) is 5.88 Å². The lowest BCUT2D eigenvalue weighted by atomic mass is 10.3. The minimum atomic E-state index is -0.310. The summed E-state index contributed by atoms with van der Waals surface area (Å²) in [5.41, 5.74) is 0. The predicted octanol–water partition coefficient (Wildman–Crippen LogP) is 0.968. The maximum absolute atomic E-state index is 11.4. The molecule has 1 aromatic heterocycles. The van der Waals surface area contributed by atoms with E-state index in [0.717, 1.165) is 0 Å². The van der Waals surface area contributed by atoms with Crippen LogP contribution in [-0.4, -0.2) is 41.6 Å². The third-order valence-electron chi connectivity index (χ3n) is 2.12. The number of nitrogens with zero attached hydrogens (tertiary/aromatic N) is 2. The average Bonchev–Trinajstić information content (AvgIpc) is 2.42. The monoisotopic (exact) mass is 301 g/mol. The third-order valence-corrected chi connectivity index (χ3v) is 2.30. The van der Waals surface area contributed by atoms with Gasteiger partial charge in [-0.2, -0.15) is 4.98 Å². The van der Waals surface area contributed by atoms with Crippen molar-refractivity contribution in [1.29, 1.82) is 0 Å².